The van der Waals surface area contributed by atoms with Crippen LogP contribution < -0.4 is 0 Å². The van der Waals surface area contributed by atoms with Crippen LogP contribution in [0.3, 0.4) is 0 Å². The minimum Gasteiger partial charge on any atom is -0.376 e. The van der Waals surface area contributed by atoms with Crippen LogP contribution in [0.2, 0.25) is 0 Å². The molecule has 1 aromatic carbocycles. The number of thiophene rings is 1. The van der Waals surface area contributed by atoms with E-state index in [-0.39, 0.29) is 0 Å². The molecule has 1 N–H and O–H groups in total. The van der Waals surface area contributed by atoms with Gasteiger partial charge in [-0.3, -0.25) is 0 Å². The van der Waals surface area contributed by atoms with E-state index in [0.717, 1.165) is 17.0 Å². The largest absolute Gasteiger partial charge is 0.376 e. The van der Waals surface area contributed by atoms with Crippen LogP contribution in [-0.2, 0) is 0 Å². The van der Waals surface area contributed by atoms with Crippen molar-refractivity contribution >= 4 is 11.3 Å². The van der Waals surface area contributed by atoms with E-state index >= 15 is 0 Å². The monoisotopic (exact) mass is 250 g/mol. The summed E-state index contributed by atoms with van der Waals surface area (Å²) in [6.45, 7) is 0. The van der Waals surface area contributed by atoms with Crippen molar-refractivity contribution in [2.75, 3.05) is 0 Å². The molecule has 0 aliphatic rings. The lowest BCUT2D eigenvalue weighted by Crippen LogP contribution is -2.01. The van der Waals surface area contributed by atoms with Gasteiger partial charge >= 0.3 is 0 Å². The van der Waals surface area contributed by atoms with Crippen molar-refractivity contribution in [2.24, 2.45) is 0 Å². The predicted octanol–water partition coefficient (Wildman–Crippen LogP) is 3.11. The Hall–Kier alpha value is -1.70. The third-order valence-corrected chi connectivity index (χ3v) is 2.91. The quantitative estimate of drug-likeness (QED) is 0.771. The standard InChI is InChI=1S/C13H8F2OS/c14-10-4-1-5-11(15)13(10)12(16)7-6-9-3-2-8-17-9/h1-5,8,12,16H. The molecule has 0 fully saturated rings. The van der Waals surface area contributed by atoms with E-state index in [9.17, 15) is 13.9 Å². The first-order valence-electron chi connectivity index (χ1n) is 4.85. The highest BCUT2D eigenvalue weighted by Crippen LogP contribution is 2.20. The molecule has 0 radical (unpaired) electrons. The van der Waals surface area contributed by atoms with Crippen LogP contribution in [0.4, 0.5) is 8.78 Å². The number of benzene rings is 1. The summed E-state index contributed by atoms with van der Waals surface area (Å²) in [4.78, 5) is 0.737. The van der Waals surface area contributed by atoms with Gasteiger partial charge in [-0.1, -0.05) is 24.0 Å². The Bertz CT molecular complexity index is 547. The molecule has 1 unspecified atom stereocenters. The number of hydrogen-bond donors (Lipinski definition) is 1. The van der Waals surface area contributed by atoms with Crippen LogP contribution in [0.1, 0.15) is 16.5 Å². The molecular weight excluding hydrogens is 242 g/mol. The van der Waals surface area contributed by atoms with Crippen molar-refractivity contribution in [1.82, 2.24) is 0 Å². The van der Waals surface area contributed by atoms with Crippen LogP contribution in [0, 0.1) is 23.5 Å². The van der Waals surface area contributed by atoms with E-state index in [1.54, 1.807) is 6.07 Å². The SMILES string of the molecule is OC(C#Cc1cccs1)c1c(F)cccc1F. The van der Waals surface area contributed by atoms with E-state index in [4.69, 9.17) is 0 Å². The summed E-state index contributed by atoms with van der Waals surface area (Å²) >= 11 is 1.40. The molecule has 17 heavy (non-hydrogen) atoms. The maximum absolute atomic E-state index is 13.3. The molecule has 1 atom stereocenters. The minimum atomic E-state index is -1.46. The molecule has 2 aromatic rings. The maximum atomic E-state index is 13.3. The Balaban J connectivity index is 2.29. The summed E-state index contributed by atoms with van der Waals surface area (Å²) in [6, 6.07) is 7.00. The van der Waals surface area contributed by atoms with Gasteiger partial charge in [-0.05, 0) is 23.6 Å². The van der Waals surface area contributed by atoms with E-state index in [0.29, 0.717) is 0 Å². The number of aliphatic hydroxyl groups is 1. The number of hydrogen-bond acceptors (Lipinski definition) is 2. The van der Waals surface area contributed by atoms with Gasteiger partial charge in [0.2, 0.25) is 0 Å². The van der Waals surface area contributed by atoms with Crippen molar-refractivity contribution in [3.63, 3.8) is 0 Å². The molecule has 1 nitrogen and oxygen atoms in total. The molecule has 1 aromatic heterocycles. The predicted molar refractivity (Wildman–Crippen MR) is 62.5 cm³/mol. The molecule has 2 rings (SSSR count). The maximum Gasteiger partial charge on any atom is 0.146 e. The number of aliphatic hydroxyl groups excluding tert-OH is 1. The first kappa shape index (κ1) is 11.8. The fraction of sp³-hybridized carbons (Fsp3) is 0.0769. The topological polar surface area (TPSA) is 20.2 Å². The molecule has 0 saturated carbocycles. The average Bonchev–Trinajstić information content (AvgIpc) is 2.79. The van der Waals surface area contributed by atoms with Crippen LogP contribution in [0.15, 0.2) is 35.7 Å². The first-order chi connectivity index (χ1) is 8.18. The average molecular weight is 250 g/mol. The number of halogens is 2. The summed E-state index contributed by atoms with van der Waals surface area (Å²) in [5.74, 6) is 3.49. The molecule has 0 spiro atoms. The van der Waals surface area contributed by atoms with Gasteiger partial charge in [-0.2, -0.15) is 0 Å². The van der Waals surface area contributed by atoms with E-state index in [1.807, 2.05) is 11.4 Å². The lowest BCUT2D eigenvalue weighted by Gasteiger charge is -2.05. The van der Waals surface area contributed by atoms with Gasteiger partial charge in [0.25, 0.3) is 0 Å². The molecular formula is C13H8F2OS. The second-order valence-corrected chi connectivity index (χ2v) is 4.23. The Morgan fingerprint density at radius 3 is 2.41 bits per heavy atom. The van der Waals surface area contributed by atoms with E-state index < -0.39 is 23.3 Å². The first-order valence-corrected chi connectivity index (χ1v) is 5.73. The summed E-state index contributed by atoms with van der Waals surface area (Å²) in [6.07, 6.45) is -1.46. The molecule has 0 saturated heterocycles. The van der Waals surface area contributed by atoms with Gasteiger partial charge < -0.3 is 5.11 Å². The molecule has 0 bridgehead atoms. The van der Waals surface area contributed by atoms with Gasteiger partial charge in [0.05, 0.1) is 10.4 Å². The molecule has 4 heteroatoms. The second-order valence-electron chi connectivity index (χ2n) is 3.28. The summed E-state index contributed by atoms with van der Waals surface area (Å²) in [7, 11) is 0. The van der Waals surface area contributed by atoms with Crippen LogP contribution in [0.25, 0.3) is 0 Å². The van der Waals surface area contributed by atoms with E-state index in [1.165, 1.54) is 17.4 Å². The summed E-state index contributed by atoms with van der Waals surface area (Å²) < 4.78 is 26.6. The highest BCUT2D eigenvalue weighted by molar-refractivity contribution is 7.10. The van der Waals surface area contributed by atoms with Gasteiger partial charge in [-0.25, -0.2) is 8.78 Å². The smallest absolute Gasteiger partial charge is 0.146 e. The van der Waals surface area contributed by atoms with Crippen molar-refractivity contribution < 1.29 is 13.9 Å². The number of rotatable bonds is 1. The molecule has 1 heterocycles. The summed E-state index contributed by atoms with van der Waals surface area (Å²) in [5, 5.41) is 11.5. The fourth-order valence-corrected chi connectivity index (χ4v) is 1.91. The van der Waals surface area contributed by atoms with Gasteiger partial charge in [0, 0.05) is 0 Å². The van der Waals surface area contributed by atoms with Gasteiger partial charge in [-0.15, -0.1) is 11.3 Å². The van der Waals surface area contributed by atoms with Crippen LogP contribution in [0.5, 0.6) is 0 Å². The molecule has 0 aliphatic carbocycles. The molecule has 0 aliphatic heterocycles. The van der Waals surface area contributed by atoms with Gasteiger partial charge in [0.15, 0.2) is 0 Å². The van der Waals surface area contributed by atoms with Crippen molar-refractivity contribution in [3.8, 4) is 11.8 Å². The molecule has 86 valence electrons. The third-order valence-electron chi connectivity index (χ3n) is 2.13. The summed E-state index contributed by atoms with van der Waals surface area (Å²) in [5.41, 5.74) is -0.406. The fourth-order valence-electron chi connectivity index (χ4n) is 1.33. The molecule has 0 amide bonds. The Morgan fingerprint density at radius 1 is 1.12 bits per heavy atom. The lowest BCUT2D eigenvalue weighted by atomic mass is 10.1. The zero-order valence-electron chi connectivity index (χ0n) is 8.65. The zero-order valence-corrected chi connectivity index (χ0v) is 9.47. The van der Waals surface area contributed by atoms with Crippen LogP contribution in [-0.4, -0.2) is 5.11 Å². The zero-order chi connectivity index (χ0) is 12.3. The Morgan fingerprint density at radius 2 is 1.82 bits per heavy atom. The van der Waals surface area contributed by atoms with Crippen molar-refractivity contribution in [1.29, 1.82) is 0 Å². The highest BCUT2D eigenvalue weighted by Gasteiger charge is 2.15. The van der Waals surface area contributed by atoms with Crippen molar-refractivity contribution in [2.45, 2.75) is 6.10 Å². The second kappa shape index (κ2) is 5.09. The third kappa shape index (κ3) is 2.70. The minimum absolute atomic E-state index is 0.406. The Kier molecular flexibility index (Phi) is 3.52. The van der Waals surface area contributed by atoms with Crippen LogP contribution >= 0.6 is 11.3 Å². The van der Waals surface area contributed by atoms with Gasteiger partial charge in [0.1, 0.15) is 17.7 Å². The lowest BCUT2D eigenvalue weighted by molar-refractivity contribution is 0.226. The normalized spacial score (nSPS) is 11.7. The van der Waals surface area contributed by atoms with E-state index in [2.05, 4.69) is 11.8 Å². The van der Waals surface area contributed by atoms with Crippen molar-refractivity contribution in [3.05, 3.63) is 57.8 Å². The Labute approximate surface area is 101 Å². The highest BCUT2D eigenvalue weighted by atomic mass is 32.1.